The first-order valence-electron chi connectivity index (χ1n) is 8.47. The van der Waals surface area contributed by atoms with Crippen molar-refractivity contribution in [3.05, 3.63) is 77.8 Å². The van der Waals surface area contributed by atoms with Gasteiger partial charge in [-0.15, -0.1) is 5.10 Å². The van der Waals surface area contributed by atoms with Crippen LogP contribution in [0, 0.1) is 0 Å². The number of pyridine rings is 1. The van der Waals surface area contributed by atoms with E-state index in [4.69, 9.17) is 22.3 Å². The number of benzene rings is 3. The number of nitrogens with zero attached hydrogens (tertiary/aromatic N) is 4. The molecule has 0 unspecified atom stereocenters. The quantitative estimate of drug-likeness (QED) is 0.449. The number of anilines is 1. The monoisotopic (exact) mass is 371 g/mol. The average molecular weight is 372 g/mol. The van der Waals surface area contributed by atoms with Crippen LogP contribution in [0.5, 0.6) is 0 Å². The zero-order chi connectivity index (χ0) is 18.4. The summed E-state index contributed by atoms with van der Waals surface area (Å²) in [5.74, 6) is 0.471. The molecule has 5 aromatic rings. The number of aromatic nitrogens is 4. The fraction of sp³-hybridized carbons (Fsp3) is 0. The van der Waals surface area contributed by atoms with E-state index in [2.05, 4.69) is 10.3 Å². The van der Waals surface area contributed by atoms with E-state index >= 15 is 0 Å². The van der Waals surface area contributed by atoms with Crippen LogP contribution in [0.25, 0.3) is 38.8 Å². The second-order valence-corrected chi connectivity index (χ2v) is 6.67. The molecule has 5 nitrogen and oxygen atoms in total. The van der Waals surface area contributed by atoms with Crippen molar-refractivity contribution in [2.45, 2.75) is 0 Å². The molecule has 0 amide bonds. The Kier molecular flexibility index (Phi) is 3.55. The summed E-state index contributed by atoms with van der Waals surface area (Å²) in [5.41, 5.74) is 10.6. The Morgan fingerprint density at radius 1 is 0.778 bits per heavy atom. The number of hydrogen-bond acceptors (Lipinski definition) is 4. The molecule has 2 heterocycles. The number of nitrogen functional groups attached to an aromatic ring is 1. The highest BCUT2D eigenvalue weighted by Crippen LogP contribution is 2.33. The minimum atomic E-state index is 0.471. The first-order valence-corrected chi connectivity index (χ1v) is 8.85. The highest BCUT2D eigenvalue weighted by atomic mass is 35.5. The molecule has 2 N–H and O–H groups in total. The van der Waals surface area contributed by atoms with Crippen molar-refractivity contribution in [1.82, 2.24) is 20.0 Å². The summed E-state index contributed by atoms with van der Waals surface area (Å²) in [6.45, 7) is 0. The topological polar surface area (TPSA) is 69.6 Å². The summed E-state index contributed by atoms with van der Waals surface area (Å²) < 4.78 is 1.69. The lowest BCUT2D eigenvalue weighted by molar-refractivity contribution is 0.819. The molecular formula is C21H14ClN5. The van der Waals surface area contributed by atoms with Crippen molar-refractivity contribution >= 4 is 39.2 Å². The summed E-state index contributed by atoms with van der Waals surface area (Å²) in [6.07, 6.45) is 0. The maximum atomic E-state index is 6.47. The largest absolute Gasteiger partial charge is 0.382 e. The van der Waals surface area contributed by atoms with Gasteiger partial charge >= 0.3 is 0 Å². The number of nitrogens with two attached hydrogens (primary N) is 1. The summed E-state index contributed by atoms with van der Waals surface area (Å²) in [4.78, 5) is 4.75. The zero-order valence-electron chi connectivity index (χ0n) is 14.2. The predicted octanol–water partition coefficient (Wildman–Crippen LogP) is 4.87. The van der Waals surface area contributed by atoms with Crippen LogP contribution in [0.1, 0.15) is 0 Å². The first kappa shape index (κ1) is 15.8. The average Bonchev–Trinajstić information content (AvgIpc) is 3.07. The Morgan fingerprint density at radius 3 is 2.00 bits per heavy atom. The van der Waals surface area contributed by atoms with Gasteiger partial charge in [0.25, 0.3) is 0 Å². The molecule has 0 saturated heterocycles. The zero-order valence-corrected chi connectivity index (χ0v) is 14.9. The number of hydrogen-bond donors (Lipinski definition) is 1. The number of halogens is 1. The van der Waals surface area contributed by atoms with Crippen LogP contribution in [0.3, 0.4) is 0 Å². The number of para-hydroxylation sites is 2. The summed E-state index contributed by atoms with van der Waals surface area (Å²) in [6, 6.07) is 23.3. The van der Waals surface area contributed by atoms with Gasteiger partial charge in [0, 0.05) is 21.4 Å². The van der Waals surface area contributed by atoms with Crippen molar-refractivity contribution in [2.75, 3.05) is 5.73 Å². The fourth-order valence-electron chi connectivity index (χ4n) is 3.31. The Balaban J connectivity index is 1.82. The second kappa shape index (κ2) is 6.07. The van der Waals surface area contributed by atoms with Crippen molar-refractivity contribution < 1.29 is 0 Å². The van der Waals surface area contributed by atoms with Crippen LogP contribution >= 0.6 is 11.6 Å². The lowest BCUT2D eigenvalue weighted by Gasteiger charge is -2.11. The smallest absolute Gasteiger partial charge is 0.155 e. The maximum absolute atomic E-state index is 6.47. The molecule has 27 heavy (non-hydrogen) atoms. The summed E-state index contributed by atoms with van der Waals surface area (Å²) >= 11 is 5.99. The van der Waals surface area contributed by atoms with E-state index in [1.165, 1.54) is 0 Å². The van der Waals surface area contributed by atoms with Crippen molar-refractivity contribution in [2.24, 2.45) is 0 Å². The van der Waals surface area contributed by atoms with Gasteiger partial charge < -0.3 is 5.73 Å². The Bertz CT molecular complexity index is 1240. The third kappa shape index (κ3) is 2.52. The van der Waals surface area contributed by atoms with E-state index < -0.39 is 0 Å². The van der Waals surface area contributed by atoms with Crippen LogP contribution in [0.4, 0.5) is 5.82 Å². The highest BCUT2D eigenvalue weighted by Gasteiger charge is 2.18. The second-order valence-electron chi connectivity index (χ2n) is 6.24. The first-order chi connectivity index (χ1) is 13.2. The molecule has 3 aromatic carbocycles. The third-order valence-electron chi connectivity index (χ3n) is 4.59. The van der Waals surface area contributed by atoms with Crippen LogP contribution in [-0.4, -0.2) is 20.0 Å². The summed E-state index contributed by atoms with van der Waals surface area (Å²) in [5, 5.41) is 11.3. The molecule has 0 aliphatic carbocycles. The lowest BCUT2D eigenvalue weighted by Crippen LogP contribution is -2.05. The van der Waals surface area contributed by atoms with Gasteiger partial charge in [-0.1, -0.05) is 65.3 Å². The van der Waals surface area contributed by atoms with Gasteiger partial charge in [-0.3, -0.25) is 0 Å². The van der Waals surface area contributed by atoms with E-state index in [0.717, 1.165) is 33.1 Å². The Morgan fingerprint density at radius 2 is 1.37 bits per heavy atom. The van der Waals surface area contributed by atoms with Crippen LogP contribution < -0.4 is 5.73 Å². The molecule has 0 aliphatic heterocycles. The third-order valence-corrected chi connectivity index (χ3v) is 4.85. The molecule has 0 atom stereocenters. The fourth-order valence-corrected chi connectivity index (χ4v) is 3.44. The molecule has 6 heteroatoms. The minimum absolute atomic E-state index is 0.471. The van der Waals surface area contributed by atoms with E-state index in [0.29, 0.717) is 16.5 Å². The highest BCUT2D eigenvalue weighted by molar-refractivity contribution is 6.30. The van der Waals surface area contributed by atoms with Gasteiger partial charge in [-0.2, -0.15) is 4.68 Å². The molecule has 130 valence electrons. The molecule has 5 rings (SSSR count). The van der Waals surface area contributed by atoms with Crippen molar-refractivity contribution in [3.8, 4) is 16.9 Å². The van der Waals surface area contributed by atoms with Crippen molar-refractivity contribution in [1.29, 1.82) is 0 Å². The SMILES string of the molecule is Nc1c(-c2ccc(Cl)cc2)nnn1-c1c2ccccc2nc2ccccc12. The predicted molar refractivity (Wildman–Crippen MR) is 109 cm³/mol. The van der Waals surface area contributed by atoms with Gasteiger partial charge in [0.2, 0.25) is 0 Å². The van der Waals surface area contributed by atoms with Gasteiger partial charge in [0.05, 0.1) is 16.7 Å². The van der Waals surface area contributed by atoms with E-state index in [1.54, 1.807) is 4.68 Å². The molecule has 2 aromatic heterocycles. The van der Waals surface area contributed by atoms with E-state index in [9.17, 15) is 0 Å². The molecular weight excluding hydrogens is 358 g/mol. The van der Waals surface area contributed by atoms with Crippen LogP contribution in [0.2, 0.25) is 5.02 Å². The molecule has 0 saturated carbocycles. The molecule has 0 fully saturated rings. The van der Waals surface area contributed by atoms with E-state index in [-0.39, 0.29) is 0 Å². The van der Waals surface area contributed by atoms with Gasteiger partial charge in [0.1, 0.15) is 5.69 Å². The molecule has 0 aliphatic rings. The number of rotatable bonds is 2. The minimum Gasteiger partial charge on any atom is -0.382 e. The van der Waals surface area contributed by atoms with Gasteiger partial charge in [-0.05, 0) is 24.3 Å². The van der Waals surface area contributed by atoms with E-state index in [1.807, 2.05) is 72.8 Å². The van der Waals surface area contributed by atoms with Crippen LogP contribution in [0.15, 0.2) is 72.8 Å². The standard InChI is InChI=1S/C21H14ClN5/c22-14-11-9-13(10-12-14)19-21(23)27(26-25-19)20-15-5-1-3-7-17(15)24-18-8-4-2-6-16(18)20/h1-12H,23H2. The summed E-state index contributed by atoms with van der Waals surface area (Å²) in [7, 11) is 0. The molecule has 0 bridgehead atoms. The molecule has 0 spiro atoms. The number of fused-ring (bicyclic) bond motifs is 2. The Hall–Kier alpha value is -3.44. The van der Waals surface area contributed by atoms with Crippen LogP contribution in [-0.2, 0) is 0 Å². The Labute approximate surface area is 160 Å². The van der Waals surface area contributed by atoms with Gasteiger partial charge in [-0.25, -0.2) is 4.98 Å². The molecule has 0 radical (unpaired) electrons. The maximum Gasteiger partial charge on any atom is 0.155 e. The van der Waals surface area contributed by atoms with Gasteiger partial charge in [0.15, 0.2) is 5.82 Å². The normalized spacial score (nSPS) is 11.3. The van der Waals surface area contributed by atoms with Crippen molar-refractivity contribution in [3.63, 3.8) is 0 Å². The lowest BCUT2D eigenvalue weighted by atomic mass is 10.1.